The molecule has 1 aliphatic carbocycles. The summed E-state index contributed by atoms with van der Waals surface area (Å²) in [4.78, 5) is 22.9. The van der Waals surface area contributed by atoms with Gasteiger partial charge in [-0.15, -0.1) is 0 Å². The predicted molar refractivity (Wildman–Crippen MR) is 80.3 cm³/mol. The molecular formula is C15H27N3O2. The van der Waals surface area contributed by atoms with Crippen LogP contribution in [0.25, 0.3) is 0 Å². The van der Waals surface area contributed by atoms with E-state index in [4.69, 9.17) is 0 Å². The highest BCUT2D eigenvalue weighted by molar-refractivity contribution is 6.35. The van der Waals surface area contributed by atoms with Gasteiger partial charge in [0.15, 0.2) is 0 Å². The topological polar surface area (TPSA) is 70.6 Å². The van der Waals surface area contributed by atoms with Crippen LogP contribution in [0.5, 0.6) is 0 Å². The summed E-state index contributed by atoms with van der Waals surface area (Å²) in [5, 5.41) is 6.62. The summed E-state index contributed by atoms with van der Waals surface area (Å²) in [6.45, 7) is 10.4. The van der Waals surface area contributed by atoms with E-state index in [2.05, 4.69) is 36.6 Å². The van der Waals surface area contributed by atoms with Gasteiger partial charge in [0, 0.05) is 11.8 Å². The van der Waals surface area contributed by atoms with Gasteiger partial charge in [0.1, 0.15) is 0 Å². The van der Waals surface area contributed by atoms with Crippen LogP contribution in [-0.2, 0) is 9.59 Å². The van der Waals surface area contributed by atoms with Crippen LogP contribution in [0.4, 0.5) is 0 Å². The zero-order chi connectivity index (χ0) is 15.3. The summed E-state index contributed by atoms with van der Waals surface area (Å²) in [7, 11) is 0. The lowest BCUT2D eigenvalue weighted by atomic mass is 9.72. The van der Waals surface area contributed by atoms with Crippen molar-refractivity contribution in [3.05, 3.63) is 0 Å². The average Bonchev–Trinajstić information content (AvgIpc) is 2.34. The van der Waals surface area contributed by atoms with E-state index in [0.717, 1.165) is 31.4 Å². The Balaban J connectivity index is 2.42. The Labute approximate surface area is 121 Å². The van der Waals surface area contributed by atoms with E-state index in [-0.39, 0.29) is 6.04 Å². The number of amides is 2. The van der Waals surface area contributed by atoms with Crippen LogP contribution in [-0.4, -0.2) is 23.6 Å². The molecule has 2 N–H and O–H groups in total. The summed E-state index contributed by atoms with van der Waals surface area (Å²) in [5.41, 5.74) is 3.66. The quantitative estimate of drug-likeness (QED) is 0.602. The lowest BCUT2D eigenvalue weighted by molar-refractivity contribution is -0.139. The first-order valence-electron chi connectivity index (χ1n) is 7.36. The number of carbonyl (C=O) groups excluding carboxylic acids is 2. The van der Waals surface area contributed by atoms with Crippen LogP contribution in [0.3, 0.4) is 0 Å². The van der Waals surface area contributed by atoms with Crippen molar-refractivity contribution in [3.63, 3.8) is 0 Å². The van der Waals surface area contributed by atoms with Crippen molar-refractivity contribution in [2.45, 2.75) is 66.3 Å². The summed E-state index contributed by atoms with van der Waals surface area (Å²) in [5.74, 6) is -0.627. The Kier molecular flexibility index (Phi) is 5.72. The molecule has 0 aromatic rings. The van der Waals surface area contributed by atoms with E-state index in [1.165, 1.54) is 0 Å². The van der Waals surface area contributed by atoms with Crippen molar-refractivity contribution in [2.75, 3.05) is 0 Å². The summed E-state index contributed by atoms with van der Waals surface area (Å²) in [6, 6.07) is -0.0527. The smallest absolute Gasteiger partial charge is 0.329 e. The highest BCUT2D eigenvalue weighted by Crippen LogP contribution is 2.36. The van der Waals surface area contributed by atoms with E-state index in [1.54, 1.807) is 0 Å². The van der Waals surface area contributed by atoms with Gasteiger partial charge in [-0.2, -0.15) is 5.10 Å². The van der Waals surface area contributed by atoms with Gasteiger partial charge in [-0.25, -0.2) is 5.43 Å². The maximum atomic E-state index is 11.5. The number of nitrogens with one attached hydrogen (secondary N) is 2. The Morgan fingerprint density at radius 3 is 2.15 bits per heavy atom. The maximum absolute atomic E-state index is 11.5. The zero-order valence-corrected chi connectivity index (χ0v) is 13.2. The fourth-order valence-electron chi connectivity index (χ4n) is 2.44. The lowest BCUT2D eigenvalue weighted by Gasteiger charge is -2.34. The minimum atomic E-state index is -0.691. The third kappa shape index (κ3) is 5.31. The fourth-order valence-corrected chi connectivity index (χ4v) is 2.44. The van der Waals surface area contributed by atoms with Crippen molar-refractivity contribution < 1.29 is 9.59 Å². The number of hydrogen-bond donors (Lipinski definition) is 2. The summed E-state index contributed by atoms with van der Waals surface area (Å²) < 4.78 is 0. The van der Waals surface area contributed by atoms with Gasteiger partial charge >= 0.3 is 11.8 Å². The number of hydrazone groups is 1. The molecule has 0 heterocycles. The number of nitrogens with zero attached hydrogens (tertiary/aromatic N) is 1. The normalized spacial score (nSPS) is 19.7. The Hall–Kier alpha value is -1.39. The van der Waals surface area contributed by atoms with Crippen molar-refractivity contribution >= 4 is 17.5 Å². The number of rotatable bonds is 2. The van der Waals surface area contributed by atoms with Crippen LogP contribution >= 0.6 is 0 Å². The van der Waals surface area contributed by atoms with Gasteiger partial charge < -0.3 is 5.32 Å². The van der Waals surface area contributed by atoms with Crippen molar-refractivity contribution in [3.8, 4) is 0 Å². The van der Waals surface area contributed by atoms with Crippen LogP contribution in [0.1, 0.15) is 60.3 Å². The molecule has 5 nitrogen and oxygen atoms in total. The molecule has 0 unspecified atom stereocenters. The molecule has 0 atom stereocenters. The molecule has 114 valence electrons. The van der Waals surface area contributed by atoms with Crippen molar-refractivity contribution in [2.24, 2.45) is 16.4 Å². The van der Waals surface area contributed by atoms with Gasteiger partial charge in [-0.3, -0.25) is 9.59 Å². The first-order chi connectivity index (χ1) is 9.20. The van der Waals surface area contributed by atoms with E-state index in [9.17, 15) is 9.59 Å². The second-order valence-electron chi connectivity index (χ2n) is 6.89. The molecule has 1 aliphatic rings. The molecule has 0 aromatic heterocycles. The van der Waals surface area contributed by atoms with Crippen LogP contribution in [0.15, 0.2) is 5.10 Å². The molecule has 1 saturated carbocycles. The van der Waals surface area contributed by atoms with Gasteiger partial charge in [-0.05, 0) is 50.9 Å². The number of carbonyl (C=O) groups is 2. The largest absolute Gasteiger partial charge is 0.346 e. The molecular weight excluding hydrogens is 254 g/mol. The lowest BCUT2D eigenvalue weighted by Crippen LogP contribution is -2.41. The van der Waals surface area contributed by atoms with E-state index >= 15 is 0 Å². The molecule has 0 saturated heterocycles. The van der Waals surface area contributed by atoms with E-state index < -0.39 is 11.8 Å². The second kappa shape index (κ2) is 6.86. The molecule has 1 fully saturated rings. The van der Waals surface area contributed by atoms with Crippen LogP contribution in [0, 0.1) is 11.3 Å². The van der Waals surface area contributed by atoms with Gasteiger partial charge in [-0.1, -0.05) is 20.8 Å². The Morgan fingerprint density at radius 2 is 1.70 bits per heavy atom. The van der Waals surface area contributed by atoms with Gasteiger partial charge in [0.2, 0.25) is 0 Å². The van der Waals surface area contributed by atoms with Gasteiger partial charge in [0.25, 0.3) is 0 Å². The average molecular weight is 281 g/mol. The molecule has 20 heavy (non-hydrogen) atoms. The molecule has 0 radical (unpaired) electrons. The second-order valence-corrected chi connectivity index (χ2v) is 6.89. The zero-order valence-electron chi connectivity index (χ0n) is 13.2. The maximum Gasteiger partial charge on any atom is 0.329 e. The predicted octanol–water partition coefficient (Wildman–Crippen LogP) is 2.22. The minimum Gasteiger partial charge on any atom is -0.346 e. The SMILES string of the molecule is CC(C)NC(=O)C(=O)NN=C1CCC(C(C)(C)C)CC1. The molecule has 0 aliphatic heterocycles. The molecule has 0 aromatic carbocycles. The first kappa shape index (κ1) is 16.7. The fraction of sp³-hybridized carbons (Fsp3) is 0.800. The monoisotopic (exact) mass is 281 g/mol. The first-order valence-corrected chi connectivity index (χ1v) is 7.36. The summed E-state index contributed by atoms with van der Waals surface area (Å²) >= 11 is 0. The number of hydrogen-bond acceptors (Lipinski definition) is 3. The Morgan fingerprint density at radius 1 is 1.15 bits per heavy atom. The third-order valence-electron chi connectivity index (χ3n) is 3.73. The third-order valence-corrected chi connectivity index (χ3v) is 3.73. The standard InChI is InChI=1S/C15H27N3O2/c1-10(2)16-13(19)14(20)18-17-12-8-6-11(7-9-12)15(3,4)5/h10-11H,6-9H2,1-5H3,(H,16,19)(H,18,20). The van der Waals surface area contributed by atoms with Crippen LogP contribution in [0.2, 0.25) is 0 Å². The highest BCUT2D eigenvalue weighted by Gasteiger charge is 2.28. The van der Waals surface area contributed by atoms with Crippen molar-refractivity contribution in [1.29, 1.82) is 0 Å². The highest BCUT2D eigenvalue weighted by atomic mass is 16.2. The molecule has 5 heteroatoms. The summed E-state index contributed by atoms with van der Waals surface area (Å²) in [6.07, 6.45) is 3.98. The molecule has 0 spiro atoms. The van der Waals surface area contributed by atoms with E-state index in [1.807, 2.05) is 13.8 Å². The molecule has 2 amide bonds. The molecule has 1 rings (SSSR count). The Bertz CT molecular complexity index is 384. The van der Waals surface area contributed by atoms with Crippen LogP contribution < -0.4 is 10.7 Å². The van der Waals surface area contributed by atoms with Gasteiger partial charge in [0.05, 0.1) is 0 Å². The van der Waals surface area contributed by atoms with E-state index in [0.29, 0.717) is 11.3 Å². The van der Waals surface area contributed by atoms with Crippen molar-refractivity contribution in [1.82, 2.24) is 10.7 Å². The molecule has 0 bridgehead atoms. The minimum absolute atomic E-state index is 0.0527.